The van der Waals surface area contributed by atoms with E-state index in [0.717, 1.165) is 18.3 Å². The third kappa shape index (κ3) is 4.23. The number of carbonyl (C=O) groups is 1. The van der Waals surface area contributed by atoms with E-state index in [4.69, 9.17) is 0 Å². The highest BCUT2D eigenvalue weighted by atomic mass is 19.4. The normalized spacial score (nSPS) is 27.0. The number of halogens is 3. The molecule has 3 aromatic rings. The predicted molar refractivity (Wildman–Crippen MR) is 116 cm³/mol. The summed E-state index contributed by atoms with van der Waals surface area (Å²) in [7, 11) is 0. The van der Waals surface area contributed by atoms with Crippen molar-refractivity contribution in [1.29, 1.82) is 0 Å². The average molecular weight is 493 g/mol. The second kappa shape index (κ2) is 8.61. The molecule has 0 unspecified atom stereocenters. The van der Waals surface area contributed by atoms with Gasteiger partial charge in [0.1, 0.15) is 23.8 Å². The summed E-state index contributed by atoms with van der Waals surface area (Å²) in [6.07, 6.45) is -2.67. The maximum absolute atomic E-state index is 13.0. The van der Waals surface area contributed by atoms with Crippen LogP contribution in [0.15, 0.2) is 31.0 Å². The third-order valence-corrected chi connectivity index (χ3v) is 6.61. The highest BCUT2D eigenvalue weighted by molar-refractivity contribution is 5.83. The number of carboxylic acids is 1. The summed E-state index contributed by atoms with van der Waals surface area (Å²) >= 11 is 0. The van der Waals surface area contributed by atoms with E-state index in [0.29, 0.717) is 36.5 Å². The molecule has 2 fully saturated rings. The van der Waals surface area contributed by atoms with Crippen molar-refractivity contribution in [2.75, 3.05) is 23.3 Å². The maximum atomic E-state index is 13.0. The first kappa shape index (κ1) is 23.2. The number of aliphatic hydroxyl groups is 2. The van der Waals surface area contributed by atoms with Gasteiger partial charge < -0.3 is 30.1 Å². The minimum atomic E-state index is -4.45. The molecular formula is C21H22F3N7O4. The molecule has 0 radical (unpaired) electrons. The summed E-state index contributed by atoms with van der Waals surface area (Å²) in [4.78, 5) is 30.0. The minimum Gasteiger partial charge on any atom is -0.481 e. The Hall–Kier alpha value is -3.52. The number of rotatable bonds is 5. The number of aliphatic hydroxyl groups excluding tert-OH is 2. The highest BCUT2D eigenvalue weighted by Gasteiger charge is 2.46. The number of imidazole rings is 1. The van der Waals surface area contributed by atoms with Gasteiger partial charge in [-0.15, -0.1) is 0 Å². The van der Waals surface area contributed by atoms with Crippen molar-refractivity contribution in [2.45, 2.75) is 43.3 Å². The molecule has 1 aliphatic heterocycles. The van der Waals surface area contributed by atoms with Crippen molar-refractivity contribution in [3.63, 3.8) is 0 Å². The first-order chi connectivity index (χ1) is 16.6. The van der Waals surface area contributed by atoms with Crippen LogP contribution in [0.3, 0.4) is 0 Å². The molecule has 0 bridgehead atoms. The number of anilines is 2. The van der Waals surface area contributed by atoms with Gasteiger partial charge in [0.2, 0.25) is 0 Å². The fraction of sp³-hybridized carbons (Fsp3) is 0.476. The van der Waals surface area contributed by atoms with Crippen molar-refractivity contribution in [3.8, 4) is 0 Å². The molecule has 3 aromatic heterocycles. The van der Waals surface area contributed by atoms with Gasteiger partial charge in [0.05, 0.1) is 30.0 Å². The number of aliphatic carboxylic acids is 1. The van der Waals surface area contributed by atoms with Gasteiger partial charge in [-0.2, -0.15) is 13.2 Å². The van der Waals surface area contributed by atoms with Crippen LogP contribution in [0.4, 0.5) is 24.8 Å². The lowest BCUT2D eigenvalue weighted by molar-refractivity contribution is -0.146. The molecule has 1 saturated carbocycles. The predicted octanol–water partition coefficient (Wildman–Crippen LogP) is 1.30. The Kier molecular flexibility index (Phi) is 5.71. The first-order valence-electron chi connectivity index (χ1n) is 10.9. The van der Waals surface area contributed by atoms with Crippen LogP contribution < -0.4 is 10.2 Å². The molecule has 14 heteroatoms. The molecule has 11 nitrogen and oxygen atoms in total. The Balaban J connectivity index is 1.33. The Bertz CT molecular complexity index is 1250. The largest absolute Gasteiger partial charge is 0.481 e. The Morgan fingerprint density at radius 2 is 1.94 bits per heavy atom. The summed E-state index contributed by atoms with van der Waals surface area (Å²) in [5.74, 6) is -1.66. The number of aromatic nitrogens is 5. The minimum absolute atomic E-state index is 0.0114. The molecule has 1 aliphatic carbocycles. The lowest BCUT2D eigenvalue weighted by atomic mass is 10.1. The van der Waals surface area contributed by atoms with Gasteiger partial charge in [0.15, 0.2) is 11.5 Å². The molecule has 5 rings (SSSR count). The van der Waals surface area contributed by atoms with Gasteiger partial charge in [-0.1, -0.05) is 0 Å². The van der Waals surface area contributed by atoms with Crippen LogP contribution in [0.5, 0.6) is 0 Å². The number of hydrogen-bond donors (Lipinski definition) is 4. The molecule has 4 N–H and O–H groups in total. The summed E-state index contributed by atoms with van der Waals surface area (Å²) in [6.45, 7) is 0.895. The quantitative estimate of drug-likeness (QED) is 0.410. The fourth-order valence-electron chi connectivity index (χ4n) is 4.78. The SMILES string of the molecule is O=C(O)[C@H]1C[C@@H](n2cnc3c(N[C@H]4CCN(c5cc(C(F)(F)F)ccn5)C4)ncnc32)[C@H](O)[C@@H]1O. The summed E-state index contributed by atoms with van der Waals surface area (Å²) in [5.41, 5.74) is -0.00545. The molecular weight excluding hydrogens is 471 g/mol. The van der Waals surface area contributed by atoms with E-state index in [1.54, 1.807) is 4.90 Å². The van der Waals surface area contributed by atoms with E-state index in [-0.39, 0.29) is 18.3 Å². The topological polar surface area (TPSA) is 150 Å². The van der Waals surface area contributed by atoms with E-state index in [1.807, 2.05) is 0 Å². The van der Waals surface area contributed by atoms with Gasteiger partial charge >= 0.3 is 12.1 Å². The van der Waals surface area contributed by atoms with Crippen LogP contribution in [-0.2, 0) is 11.0 Å². The van der Waals surface area contributed by atoms with Crippen LogP contribution >= 0.6 is 0 Å². The summed E-state index contributed by atoms with van der Waals surface area (Å²) in [6, 6.07) is 1.08. The monoisotopic (exact) mass is 493 g/mol. The third-order valence-electron chi connectivity index (χ3n) is 6.61. The molecule has 0 spiro atoms. The first-order valence-corrected chi connectivity index (χ1v) is 10.9. The van der Waals surface area contributed by atoms with E-state index < -0.39 is 41.9 Å². The zero-order chi connectivity index (χ0) is 24.9. The number of nitrogens with one attached hydrogen (secondary N) is 1. The number of pyridine rings is 1. The van der Waals surface area contributed by atoms with Gasteiger partial charge in [0.25, 0.3) is 0 Å². The van der Waals surface area contributed by atoms with Crippen molar-refractivity contribution in [1.82, 2.24) is 24.5 Å². The van der Waals surface area contributed by atoms with E-state index >= 15 is 0 Å². The molecule has 0 amide bonds. The second-order valence-electron chi connectivity index (χ2n) is 8.75. The number of hydrogen-bond acceptors (Lipinski definition) is 9. The molecule has 1 saturated heterocycles. The zero-order valence-corrected chi connectivity index (χ0v) is 18.2. The molecule has 186 valence electrons. The average Bonchev–Trinajstić information content (AvgIpc) is 3.52. The number of nitrogens with zero attached hydrogens (tertiary/aromatic N) is 6. The van der Waals surface area contributed by atoms with E-state index in [2.05, 4.69) is 25.3 Å². The molecule has 0 aromatic carbocycles. The number of alkyl halides is 3. The molecule has 5 atom stereocenters. The maximum Gasteiger partial charge on any atom is 0.416 e. The van der Waals surface area contributed by atoms with Crippen LogP contribution in [0.1, 0.15) is 24.4 Å². The van der Waals surface area contributed by atoms with E-state index in [9.17, 15) is 33.3 Å². The van der Waals surface area contributed by atoms with Crippen LogP contribution in [0.2, 0.25) is 0 Å². The van der Waals surface area contributed by atoms with Crippen molar-refractivity contribution >= 4 is 28.8 Å². The fourth-order valence-corrected chi connectivity index (χ4v) is 4.78. The van der Waals surface area contributed by atoms with Gasteiger partial charge in [-0.25, -0.2) is 19.9 Å². The highest BCUT2D eigenvalue weighted by Crippen LogP contribution is 2.37. The lowest BCUT2D eigenvalue weighted by Crippen LogP contribution is -2.32. The number of carboxylic acid groups (broad SMARTS) is 1. The Morgan fingerprint density at radius 3 is 2.66 bits per heavy atom. The Labute approximate surface area is 196 Å². The molecule has 2 aliphatic rings. The summed E-state index contributed by atoms with van der Waals surface area (Å²) < 4.78 is 40.7. The smallest absolute Gasteiger partial charge is 0.416 e. The van der Waals surface area contributed by atoms with Crippen molar-refractivity contribution < 1.29 is 33.3 Å². The number of fused-ring (bicyclic) bond motifs is 1. The van der Waals surface area contributed by atoms with Gasteiger partial charge in [-0.05, 0) is 25.0 Å². The Morgan fingerprint density at radius 1 is 1.14 bits per heavy atom. The zero-order valence-electron chi connectivity index (χ0n) is 18.2. The van der Waals surface area contributed by atoms with Crippen molar-refractivity contribution in [2.24, 2.45) is 5.92 Å². The molecule has 4 heterocycles. The van der Waals surface area contributed by atoms with Crippen LogP contribution in [-0.4, -0.2) is 77.1 Å². The van der Waals surface area contributed by atoms with Crippen molar-refractivity contribution in [3.05, 3.63) is 36.5 Å². The van der Waals surface area contributed by atoms with Gasteiger partial charge in [0, 0.05) is 25.3 Å². The summed E-state index contributed by atoms with van der Waals surface area (Å²) in [5, 5.41) is 33.1. The van der Waals surface area contributed by atoms with Crippen LogP contribution in [0.25, 0.3) is 11.2 Å². The van der Waals surface area contributed by atoms with Gasteiger partial charge in [-0.3, -0.25) is 4.79 Å². The second-order valence-corrected chi connectivity index (χ2v) is 8.75. The lowest BCUT2D eigenvalue weighted by Gasteiger charge is -2.19. The molecule has 35 heavy (non-hydrogen) atoms. The standard InChI is InChI=1S/C21H22F3N7O4/c22-21(23,24)10-1-3-25-14(5-10)30-4-2-11(7-30)29-18-15-19(27-8-26-18)31(9-28-15)13-6-12(20(34)35)16(32)17(13)33/h1,3,5,8-9,11-13,16-17,32-33H,2,4,6-7H2,(H,34,35)(H,26,27,29)/t11-,12-,13+,16+,17-/m0/s1. The van der Waals surface area contributed by atoms with Crippen LogP contribution in [0, 0.1) is 5.92 Å². The van der Waals surface area contributed by atoms with E-state index in [1.165, 1.54) is 17.2 Å².